The van der Waals surface area contributed by atoms with E-state index < -0.39 is 5.41 Å². The predicted molar refractivity (Wildman–Crippen MR) is 200 cm³/mol. The van der Waals surface area contributed by atoms with Gasteiger partial charge in [0.25, 0.3) is 0 Å². The Hall–Kier alpha value is -5.79. The van der Waals surface area contributed by atoms with E-state index in [2.05, 4.69) is 160 Å². The lowest BCUT2D eigenvalue weighted by Crippen LogP contribution is -2.28. The van der Waals surface area contributed by atoms with Crippen molar-refractivity contribution in [2.24, 2.45) is 0 Å². The van der Waals surface area contributed by atoms with Crippen LogP contribution in [0.5, 0.6) is 0 Å². The van der Waals surface area contributed by atoms with Crippen LogP contribution in [0.3, 0.4) is 0 Å². The van der Waals surface area contributed by atoms with Crippen molar-refractivity contribution < 1.29 is 0 Å². The van der Waals surface area contributed by atoms with Gasteiger partial charge in [0.05, 0.1) is 16.8 Å². The van der Waals surface area contributed by atoms with Crippen molar-refractivity contribution in [3.05, 3.63) is 211 Å². The highest BCUT2D eigenvalue weighted by atomic mass is 14.7. The van der Waals surface area contributed by atoms with Crippen LogP contribution in [0.15, 0.2) is 177 Å². The molecule has 0 aliphatic heterocycles. The van der Waals surface area contributed by atoms with Gasteiger partial charge in [0, 0.05) is 0 Å². The van der Waals surface area contributed by atoms with Crippen LogP contribution in [0, 0.1) is 0 Å². The Bertz CT molecular complexity index is 2130. The minimum absolute atomic E-state index is 0.398. The minimum atomic E-state index is -0.398. The monoisotopic (exact) mass is 603 g/mol. The number of fused-ring (bicyclic) bond motifs is 3. The van der Waals surface area contributed by atoms with Crippen molar-refractivity contribution in [1.29, 1.82) is 0 Å². The van der Waals surface area contributed by atoms with Crippen LogP contribution in [0.2, 0.25) is 0 Å². The van der Waals surface area contributed by atoms with Gasteiger partial charge in [-0.1, -0.05) is 159 Å². The predicted octanol–water partition coefficient (Wildman–Crippen LogP) is 12.0. The Kier molecular flexibility index (Phi) is 7.98. The molecule has 5 aromatic carbocycles. The molecular formula is C46H37N. The number of hydrogen-bond acceptors (Lipinski definition) is 1. The highest BCUT2D eigenvalue weighted by Crippen LogP contribution is 2.56. The van der Waals surface area contributed by atoms with Crippen molar-refractivity contribution in [3.8, 4) is 33.4 Å². The number of rotatable bonds is 8. The summed E-state index contributed by atoms with van der Waals surface area (Å²) >= 11 is 0. The number of allylic oxidation sites excluding steroid dienone is 6. The van der Waals surface area contributed by atoms with Gasteiger partial charge in [0.15, 0.2) is 0 Å². The maximum Gasteiger partial charge on any atom is 0.0713 e. The fourth-order valence-corrected chi connectivity index (χ4v) is 7.12. The first-order valence-corrected chi connectivity index (χ1v) is 16.1. The highest BCUT2D eigenvalue weighted by Gasteiger charge is 2.45. The summed E-state index contributed by atoms with van der Waals surface area (Å²) in [5.41, 5.74) is 15.7. The van der Waals surface area contributed by atoms with Gasteiger partial charge in [-0.2, -0.15) is 0 Å². The maximum atomic E-state index is 4.92. The zero-order chi connectivity index (χ0) is 32.4. The molecule has 1 heteroatoms. The molecule has 1 aliphatic rings. The quantitative estimate of drug-likeness (QED) is 0.157. The zero-order valence-electron chi connectivity index (χ0n) is 26.9. The summed E-state index contributed by atoms with van der Waals surface area (Å²) in [5.74, 6) is 0. The number of nitrogens with zero attached hydrogens (tertiary/aromatic N) is 1. The smallest absolute Gasteiger partial charge is 0.0713 e. The molecule has 0 radical (unpaired) electrons. The first-order chi connectivity index (χ1) is 23.0. The molecule has 1 aromatic heterocycles. The lowest BCUT2D eigenvalue weighted by atomic mass is 9.67. The lowest BCUT2D eigenvalue weighted by Gasteiger charge is -2.34. The van der Waals surface area contributed by atoms with Gasteiger partial charge in [0.2, 0.25) is 0 Å². The number of aromatic nitrogens is 1. The fraction of sp³-hybridized carbons (Fsp3) is 0.0652. The molecule has 1 heterocycles. The lowest BCUT2D eigenvalue weighted by molar-refractivity contribution is 0.768. The number of pyridine rings is 1. The summed E-state index contributed by atoms with van der Waals surface area (Å²) in [6, 6.07) is 50.9. The normalized spacial score (nSPS) is 13.3. The van der Waals surface area contributed by atoms with Gasteiger partial charge < -0.3 is 0 Å². The summed E-state index contributed by atoms with van der Waals surface area (Å²) in [6.07, 6.45) is 7.80. The van der Waals surface area contributed by atoms with Gasteiger partial charge in [-0.15, -0.1) is 0 Å². The van der Waals surface area contributed by atoms with Crippen LogP contribution in [0.4, 0.5) is 0 Å². The minimum Gasteiger partial charge on any atom is -0.248 e. The van der Waals surface area contributed by atoms with E-state index in [0.717, 1.165) is 33.7 Å². The molecule has 0 saturated heterocycles. The number of hydrogen-bond donors (Lipinski definition) is 0. The Morgan fingerprint density at radius 2 is 1.17 bits per heavy atom. The molecule has 6 aromatic rings. The summed E-state index contributed by atoms with van der Waals surface area (Å²) in [6.45, 7) is 12.2. The third kappa shape index (κ3) is 5.20. The third-order valence-electron chi connectivity index (χ3n) is 9.30. The van der Waals surface area contributed by atoms with E-state index in [0.29, 0.717) is 0 Å². The highest BCUT2D eigenvalue weighted by molar-refractivity contribution is 5.86. The average molecular weight is 604 g/mol. The Balaban J connectivity index is 1.33. The molecule has 0 saturated carbocycles. The molecule has 0 bridgehead atoms. The molecule has 0 fully saturated rings. The van der Waals surface area contributed by atoms with Crippen LogP contribution in [0.25, 0.3) is 44.5 Å². The van der Waals surface area contributed by atoms with E-state index in [9.17, 15) is 0 Å². The average Bonchev–Trinajstić information content (AvgIpc) is 3.43. The second-order valence-corrected chi connectivity index (χ2v) is 12.1. The van der Waals surface area contributed by atoms with Crippen molar-refractivity contribution >= 4 is 11.1 Å². The summed E-state index contributed by atoms with van der Waals surface area (Å²) in [4.78, 5) is 4.92. The van der Waals surface area contributed by atoms with E-state index in [1.807, 2.05) is 25.2 Å². The topological polar surface area (TPSA) is 12.9 Å². The van der Waals surface area contributed by atoms with Crippen LogP contribution < -0.4 is 0 Å². The zero-order valence-corrected chi connectivity index (χ0v) is 26.9. The Labute approximate surface area is 278 Å². The van der Waals surface area contributed by atoms with Crippen LogP contribution in [-0.2, 0) is 5.41 Å². The molecule has 226 valence electrons. The van der Waals surface area contributed by atoms with Crippen molar-refractivity contribution in [1.82, 2.24) is 4.98 Å². The Morgan fingerprint density at radius 1 is 0.596 bits per heavy atom. The van der Waals surface area contributed by atoms with Gasteiger partial charge in [-0.25, -0.2) is 4.98 Å². The number of benzene rings is 5. The summed E-state index contributed by atoms with van der Waals surface area (Å²) in [5, 5.41) is 0. The Morgan fingerprint density at radius 3 is 1.81 bits per heavy atom. The molecular weight excluding hydrogens is 567 g/mol. The second kappa shape index (κ2) is 12.5. The van der Waals surface area contributed by atoms with Gasteiger partial charge in [0.1, 0.15) is 0 Å². The molecule has 0 N–H and O–H groups in total. The van der Waals surface area contributed by atoms with E-state index in [4.69, 9.17) is 4.98 Å². The van der Waals surface area contributed by atoms with Crippen molar-refractivity contribution in [2.75, 3.05) is 0 Å². The molecule has 0 atom stereocenters. The largest absolute Gasteiger partial charge is 0.248 e. The summed E-state index contributed by atoms with van der Waals surface area (Å²) < 4.78 is 0. The first kappa shape index (κ1) is 29.9. The molecule has 0 amide bonds. The van der Waals surface area contributed by atoms with Crippen LogP contribution in [0.1, 0.15) is 47.5 Å². The van der Waals surface area contributed by atoms with E-state index in [1.54, 1.807) is 6.08 Å². The summed E-state index contributed by atoms with van der Waals surface area (Å²) in [7, 11) is 0. The van der Waals surface area contributed by atoms with Gasteiger partial charge in [-0.3, -0.25) is 0 Å². The second-order valence-electron chi connectivity index (χ2n) is 12.1. The SMILES string of the molecule is C=C/C=C(\C)c1cc(-c2cccc(-c3ccc(C4(c5ccccc5)c5ccccc5-c5ccccc54)cc3)c2)cc(C(=C)/C=C\C)n1. The van der Waals surface area contributed by atoms with Crippen molar-refractivity contribution in [3.63, 3.8) is 0 Å². The fourth-order valence-electron chi connectivity index (χ4n) is 7.12. The third-order valence-corrected chi connectivity index (χ3v) is 9.30. The van der Waals surface area contributed by atoms with E-state index in [1.165, 1.54) is 44.5 Å². The van der Waals surface area contributed by atoms with Crippen molar-refractivity contribution in [2.45, 2.75) is 19.3 Å². The standard InChI is InChI=1S/C46H37N/c1-5-15-32(3)44-30-37(31-45(47-44)33(4)16-6-2)36-18-14-17-35(29-36)34-25-27-39(28-26-34)46(38-19-8-7-9-20-38)42-23-12-10-21-40(42)41-22-11-13-24-43(41)46/h5-31H,1,4H2,2-3H3/b16-6-,32-15+. The van der Waals surface area contributed by atoms with E-state index >= 15 is 0 Å². The molecule has 7 rings (SSSR count). The van der Waals surface area contributed by atoms with E-state index in [-0.39, 0.29) is 0 Å². The molecule has 0 spiro atoms. The molecule has 1 nitrogen and oxygen atoms in total. The van der Waals surface area contributed by atoms with Gasteiger partial charge >= 0.3 is 0 Å². The molecule has 47 heavy (non-hydrogen) atoms. The first-order valence-electron chi connectivity index (χ1n) is 16.1. The maximum absolute atomic E-state index is 4.92. The van der Waals surface area contributed by atoms with Gasteiger partial charge in [-0.05, 0) is 98.8 Å². The molecule has 0 unspecified atom stereocenters. The molecule has 1 aliphatic carbocycles. The van der Waals surface area contributed by atoms with Crippen LogP contribution >= 0.6 is 0 Å². The van der Waals surface area contributed by atoms with Crippen LogP contribution in [-0.4, -0.2) is 4.98 Å².